The predicted octanol–water partition coefficient (Wildman–Crippen LogP) is -0.759. The summed E-state index contributed by atoms with van der Waals surface area (Å²) in [6.45, 7) is 2.66. The Morgan fingerprint density at radius 1 is 1.20 bits per heavy atom. The zero-order valence-electron chi connectivity index (χ0n) is 8.63. The van der Waals surface area contributed by atoms with Crippen molar-refractivity contribution < 1.29 is 28.9 Å². The molecular weight excluding hydrogens is 204 g/mol. The normalized spacial score (nSPS) is 30.7. The lowest BCUT2D eigenvalue weighted by Crippen LogP contribution is -2.51. The van der Waals surface area contributed by atoms with Crippen molar-refractivity contribution in [1.82, 2.24) is 0 Å². The zero-order chi connectivity index (χ0) is 11.4. The summed E-state index contributed by atoms with van der Waals surface area (Å²) in [5.74, 6) is -1.03. The highest BCUT2D eigenvalue weighted by molar-refractivity contribution is 5.67. The van der Waals surface area contributed by atoms with Gasteiger partial charge < -0.3 is 19.3 Å². The molecule has 0 aromatic heterocycles. The van der Waals surface area contributed by atoms with Gasteiger partial charge in [-0.15, -0.1) is 0 Å². The summed E-state index contributed by atoms with van der Waals surface area (Å²) in [7, 11) is 0. The largest absolute Gasteiger partial charge is 0.456 e. The molecule has 0 amide bonds. The van der Waals surface area contributed by atoms with Gasteiger partial charge in [0.25, 0.3) is 0 Å². The summed E-state index contributed by atoms with van der Waals surface area (Å²) >= 11 is 0. The van der Waals surface area contributed by atoms with Crippen LogP contribution in [0.15, 0.2) is 0 Å². The molecule has 0 spiro atoms. The first-order valence-corrected chi connectivity index (χ1v) is 4.61. The Kier molecular flexibility index (Phi) is 4.05. The Hall–Kier alpha value is -1.14. The maximum atomic E-state index is 10.8. The smallest absolute Gasteiger partial charge is 0.303 e. The van der Waals surface area contributed by atoms with Gasteiger partial charge in [-0.2, -0.15) is 0 Å². The number of aliphatic hydroxyl groups is 1. The van der Waals surface area contributed by atoms with Gasteiger partial charge in [-0.1, -0.05) is 0 Å². The van der Waals surface area contributed by atoms with Crippen LogP contribution in [0.3, 0.4) is 0 Å². The Labute approximate surface area is 87.1 Å². The van der Waals surface area contributed by atoms with Crippen molar-refractivity contribution in [3.8, 4) is 0 Å². The van der Waals surface area contributed by atoms with Crippen LogP contribution in [0.5, 0.6) is 0 Å². The molecule has 3 unspecified atom stereocenters. The second-order valence-corrected chi connectivity index (χ2v) is 3.33. The third-order valence-corrected chi connectivity index (χ3v) is 1.94. The maximum Gasteiger partial charge on any atom is 0.303 e. The lowest BCUT2D eigenvalue weighted by Gasteiger charge is -2.33. The highest BCUT2D eigenvalue weighted by Crippen LogP contribution is 2.16. The number of esters is 2. The van der Waals surface area contributed by atoms with Gasteiger partial charge in [0.1, 0.15) is 6.10 Å². The van der Waals surface area contributed by atoms with E-state index in [9.17, 15) is 14.7 Å². The molecule has 1 fully saturated rings. The summed E-state index contributed by atoms with van der Waals surface area (Å²) in [5, 5.41) is 9.51. The number of rotatable bonds is 2. The van der Waals surface area contributed by atoms with Crippen LogP contribution in [0.25, 0.3) is 0 Å². The van der Waals surface area contributed by atoms with Crippen LogP contribution in [0, 0.1) is 0 Å². The average Bonchev–Trinajstić information content (AvgIpc) is 2.09. The summed E-state index contributed by atoms with van der Waals surface area (Å²) in [4.78, 5) is 21.5. The highest BCUT2D eigenvalue weighted by Gasteiger charge is 2.37. The number of aliphatic hydroxyl groups excluding tert-OH is 1. The summed E-state index contributed by atoms with van der Waals surface area (Å²) in [6, 6.07) is 0. The van der Waals surface area contributed by atoms with Crippen molar-refractivity contribution in [2.45, 2.75) is 32.2 Å². The van der Waals surface area contributed by atoms with E-state index in [1.54, 1.807) is 0 Å². The third-order valence-electron chi connectivity index (χ3n) is 1.94. The number of ether oxygens (including phenoxy) is 3. The number of carbonyl (C=O) groups is 2. The van der Waals surface area contributed by atoms with E-state index in [1.807, 2.05) is 0 Å². The Morgan fingerprint density at radius 3 is 2.33 bits per heavy atom. The van der Waals surface area contributed by atoms with Crippen LogP contribution >= 0.6 is 0 Å². The fraction of sp³-hybridized carbons (Fsp3) is 0.778. The van der Waals surface area contributed by atoms with Gasteiger partial charge in [-0.3, -0.25) is 9.59 Å². The van der Waals surface area contributed by atoms with Gasteiger partial charge in [0, 0.05) is 13.8 Å². The monoisotopic (exact) mass is 218 g/mol. The lowest BCUT2D eigenvalue weighted by atomic mass is 10.1. The topological polar surface area (TPSA) is 82.1 Å². The second-order valence-electron chi connectivity index (χ2n) is 3.33. The Bertz CT molecular complexity index is 251. The van der Waals surface area contributed by atoms with Crippen LogP contribution in [-0.4, -0.2) is 48.6 Å². The molecule has 1 aliphatic heterocycles. The van der Waals surface area contributed by atoms with E-state index in [2.05, 4.69) is 0 Å². The summed E-state index contributed by atoms with van der Waals surface area (Å²) in [6.07, 6.45) is -2.55. The Morgan fingerprint density at radius 2 is 1.80 bits per heavy atom. The van der Waals surface area contributed by atoms with Gasteiger partial charge in [-0.05, 0) is 0 Å². The van der Waals surface area contributed by atoms with Gasteiger partial charge >= 0.3 is 11.9 Å². The molecule has 0 aromatic carbocycles. The van der Waals surface area contributed by atoms with E-state index in [0.717, 1.165) is 0 Å². The molecule has 0 aliphatic carbocycles. The average molecular weight is 218 g/mol. The first kappa shape index (κ1) is 11.9. The SMILES string of the molecule is CC(=O)OC1COCC(O)C1OC(C)=O. The number of hydrogen-bond acceptors (Lipinski definition) is 6. The van der Waals surface area contributed by atoms with Crippen molar-refractivity contribution in [3.05, 3.63) is 0 Å². The van der Waals surface area contributed by atoms with Gasteiger partial charge in [0.2, 0.25) is 0 Å². The lowest BCUT2D eigenvalue weighted by molar-refractivity contribution is -0.199. The van der Waals surface area contributed by atoms with E-state index in [-0.39, 0.29) is 13.2 Å². The van der Waals surface area contributed by atoms with Gasteiger partial charge in [0.15, 0.2) is 12.2 Å². The van der Waals surface area contributed by atoms with E-state index in [0.29, 0.717) is 0 Å². The van der Waals surface area contributed by atoms with Crippen molar-refractivity contribution in [1.29, 1.82) is 0 Å². The van der Waals surface area contributed by atoms with E-state index in [1.165, 1.54) is 13.8 Å². The van der Waals surface area contributed by atoms with Crippen molar-refractivity contribution in [3.63, 3.8) is 0 Å². The fourth-order valence-corrected chi connectivity index (χ4v) is 1.40. The van der Waals surface area contributed by atoms with Crippen LogP contribution < -0.4 is 0 Å². The van der Waals surface area contributed by atoms with Gasteiger partial charge in [-0.25, -0.2) is 0 Å². The molecule has 1 heterocycles. The van der Waals surface area contributed by atoms with Gasteiger partial charge in [0.05, 0.1) is 13.2 Å². The molecular formula is C9H14O6. The van der Waals surface area contributed by atoms with Crippen LogP contribution in [0.1, 0.15) is 13.8 Å². The molecule has 0 aromatic rings. The molecule has 1 N–H and O–H groups in total. The van der Waals surface area contributed by atoms with Crippen LogP contribution in [0.4, 0.5) is 0 Å². The van der Waals surface area contributed by atoms with E-state index >= 15 is 0 Å². The van der Waals surface area contributed by atoms with Crippen LogP contribution in [-0.2, 0) is 23.8 Å². The first-order chi connectivity index (χ1) is 7.00. The minimum absolute atomic E-state index is 0.0652. The molecule has 86 valence electrons. The first-order valence-electron chi connectivity index (χ1n) is 4.61. The predicted molar refractivity (Wildman–Crippen MR) is 47.9 cm³/mol. The molecule has 1 aliphatic rings. The molecule has 1 saturated heterocycles. The third kappa shape index (κ3) is 3.49. The molecule has 6 nitrogen and oxygen atoms in total. The fourth-order valence-electron chi connectivity index (χ4n) is 1.40. The molecule has 0 bridgehead atoms. The van der Waals surface area contributed by atoms with Crippen LogP contribution in [0.2, 0.25) is 0 Å². The minimum atomic E-state index is -0.966. The van der Waals surface area contributed by atoms with E-state index in [4.69, 9.17) is 14.2 Å². The van der Waals surface area contributed by atoms with Crippen molar-refractivity contribution >= 4 is 11.9 Å². The summed E-state index contributed by atoms with van der Waals surface area (Å²) in [5.41, 5.74) is 0. The second kappa shape index (κ2) is 5.09. The van der Waals surface area contributed by atoms with E-state index < -0.39 is 30.3 Å². The minimum Gasteiger partial charge on any atom is -0.456 e. The molecule has 6 heteroatoms. The molecule has 1 rings (SSSR count). The zero-order valence-corrected chi connectivity index (χ0v) is 8.63. The summed E-state index contributed by atoms with van der Waals surface area (Å²) < 4.78 is 14.7. The number of hydrogen-bond donors (Lipinski definition) is 1. The maximum absolute atomic E-state index is 10.8. The van der Waals surface area contributed by atoms with Crippen molar-refractivity contribution in [2.24, 2.45) is 0 Å². The molecule has 0 saturated carbocycles. The molecule has 3 atom stereocenters. The molecule has 15 heavy (non-hydrogen) atoms. The number of carbonyl (C=O) groups excluding carboxylic acids is 2. The highest BCUT2D eigenvalue weighted by atomic mass is 16.6. The molecule has 0 radical (unpaired) electrons. The Balaban J connectivity index is 2.63. The quantitative estimate of drug-likeness (QED) is 0.613. The van der Waals surface area contributed by atoms with Crippen molar-refractivity contribution in [2.75, 3.05) is 13.2 Å². The standard InChI is InChI=1S/C9H14O6/c1-5(10)14-8-4-13-3-7(12)9(8)15-6(2)11/h7-9,12H,3-4H2,1-2H3.